The summed E-state index contributed by atoms with van der Waals surface area (Å²) in [6.07, 6.45) is 1.59. The van der Waals surface area contributed by atoms with E-state index in [4.69, 9.17) is 23.2 Å². The molecule has 1 aromatic heterocycles. The summed E-state index contributed by atoms with van der Waals surface area (Å²) < 4.78 is 0. The minimum Gasteiger partial charge on any atom is -0.335 e. The van der Waals surface area contributed by atoms with Gasteiger partial charge in [0.25, 0.3) is 11.8 Å². The maximum Gasteiger partial charge on any atom is 0.272 e. The SMILES string of the molecule is O=C(c1cc(Cl)cc(Cl)c1)N1CCN(C(=O)c2ccccn2)CC1. The molecule has 5 nitrogen and oxygen atoms in total. The zero-order valence-electron chi connectivity index (χ0n) is 12.8. The quantitative estimate of drug-likeness (QED) is 0.823. The van der Waals surface area contributed by atoms with E-state index in [1.807, 2.05) is 0 Å². The molecule has 1 saturated heterocycles. The normalized spacial score (nSPS) is 14.6. The smallest absolute Gasteiger partial charge is 0.272 e. The zero-order valence-corrected chi connectivity index (χ0v) is 14.3. The minimum atomic E-state index is -0.135. The molecular weight excluding hydrogens is 349 g/mol. The van der Waals surface area contributed by atoms with Gasteiger partial charge in [0.05, 0.1) is 0 Å². The molecule has 3 rings (SSSR count). The largest absolute Gasteiger partial charge is 0.335 e. The van der Waals surface area contributed by atoms with Crippen LogP contribution in [0.1, 0.15) is 20.8 Å². The Morgan fingerprint density at radius 2 is 1.46 bits per heavy atom. The van der Waals surface area contributed by atoms with Crippen molar-refractivity contribution >= 4 is 35.0 Å². The lowest BCUT2D eigenvalue weighted by molar-refractivity contribution is 0.0532. The number of piperazine rings is 1. The second-order valence-corrected chi connectivity index (χ2v) is 6.33. The summed E-state index contributed by atoms with van der Waals surface area (Å²) in [6.45, 7) is 1.86. The molecule has 2 amide bonds. The predicted molar refractivity (Wildman–Crippen MR) is 92.5 cm³/mol. The Bertz CT molecular complexity index is 739. The van der Waals surface area contributed by atoms with Crippen LogP contribution in [0.3, 0.4) is 0 Å². The van der Waals surface area contributed by atoms with Crippen molar-refractivity contribution in [1.29, 1.82) is 0 Å². The molecule has 0 atom stereocenters. The van der Waals surface area contributed by atoms with Gasteiger partial charge in [0, 0.05) is 48.0 Å². The maximum absolute atomic E-state index is 12.5. The molecule has 7 heteroatoms. The molecule has 124 valence electrons. The Labute approximate surface area is 149 Å². The molecule has 0 saturated carbocycles. The topological polar surface area (TPSA) is 53.5 Å². The summed E-state index contributed by atoms with van der Waals surface area (Å²) >= 11 is 11.9. The van der Waals surface area contributed by atoms with E-state index in [0.29, 0.717) is 47.5 Å². The first-order valence-electron chi connectivity index (χ1n) is 7.50. The summed E-state index contributed by atoms with van der Waals surface area (Å²) in [5, 5.41) is 0.852. The van der Waals surface area contributed by atoms with Crippen molar-refractivity contribution in [2.45, 2.75) is 0 Å². The number of carbonyl (C=O) groups excluding carboxylic acids is 2. The van der Waals surface area contributed by atoms with E-state index >= 15 is 0 Å². The standard InChI is InChI=1S/C17H15Cl2N3O2/c18-13-9-12(10-14(19)11-13)16(23)21-5-7-22(8-6-21)17(24)15-3-1-2-4-20-15/h1-4,9-11H,5-8H2. The fourth-order valence-electron chi connectivity index (χ4n) is 2.62. The number of halogens is 2. The predicted octanol–water partition coefficient (Wildman–Crippen LogP) is 2.99. The number of nitrogens with zero attached hydrogens (tertiary/aromatic N) is 3. The highest BCUT2D eigenvalue weighted by Gasteiger charge is 2.26. The van der Waals surface area contributed by atoms with Gasteiger partial charge in [-0.25, -0.2) is 0 Å². The maximum atomic E-state index is 12.5. The van der Waals surface area contributed by atoms with E-state index < -0.39 is 0 Å². The first-order chi connectivity index (χ1) is 11.5. The van der Waals surface area contributed by atoms with Crippen LogP contribution in [-0.2, 0) is 0 Å². The van der Waals surface area contributed by atoms with Crippen LogP contribution in [0.5, 0.6) is 0 Å². The van der Waals surface area contributed by atoms with Gasteiger partial charge in [0.1, 0.15) is 5.69 Å². The molecule has 1 aliphatic rings. The Balaban J connectivity index is 1.64. The lowest BCUT2D eigenvalue weighted by Gasteiger charge is -2.34. The molecule has 0 radical (unpaired) electrons. The molecule has 1 aromatic carbocycles. The van der Waals surface area contributed by atoms with Crippen LogP contribution in [0.15, 0.2) is 42.6 Å². The van der Waals surface area contributed by atoms with Gasteiger partial charge in [0.15, 0.2) is 0 Å². The zero-order chi connectivity index (χ0) is 17.1. The van der Waals surface area contributed by atoms with Gasteiger partial charge in [-0.15, -0.1) is 0 Å². The van der Waals surface area contributed by atoms with Crippen LogP contribution < -0.4 is 0 Å². The summed E-state index contributed by atoms with van der Waals surface area (Å²) in [5.74, 6) is -0.252. The Hall–Kier alpha value is -2.11. The molecule has 0 bridgehead atoms. The van der Waals surface area contributed by atoms with Gasteiger partial charge < -0.3 is 9.80 Å². The van der Waals surface area contributed by atoms with E-state index in [2.05, 4.69) is 4.98 Å². The number of pyridine rings is 1. The van der Waals surface area contributed by atoms with E-state index in [0.717, 1.165) is 0 Å². The monoisotopic (exact) mass is 363 g/mol. The molecule has 1 aliphatic heterocycles. The molecule has 0 unspecified atom stereocenters. The Kier molecular flexibility index (Phi) is 5.02. The summed E-state index contributed by atoms with van der Waals surface area (Å²) in [6, 6.07) is 10.0. The van der Waals surface area contributed by atoms with E-state index in [9.17, 15) is 9.59 Å². The average Bonchev–Trinajstić information content (AvgIpc) is 2.60. The number of carbonyl (C=O) groups is 2. The van der Waals surface area contributed by atoms with Crippen LogP contribution in [0.2, 0.25) is 10.0 Å². The third kappa shape index (κ3) is 3.68. The van der Waals surface area contributed by atoms with Gasteiger partial charge >= 0.3 is 0 Å². The Morgan fingerprint density at radius 1 is 0.875 bits per heavy atom. The van der Waals surface area contributed by atoms with Crippen molar-refractivity contribution in [3.63, 3.8) is 0 Å². The molecule has 2 aromatic rings. The fraction of sp³-hybridized carbons (Fsp3) is 0.235. The van der Waals surface area contributed by atoms with E-state index in [1.54, 1.807) is 52.4 Å². The third-order valence-electron chi connectivity index (χ3n) is 3.85. The van der Waals surface area contributed by atoms with Gasteiger partial charge in [-0.1, -0.05) is 29.3 Å². The average molecular weight is 364 g/mol. The number of amides is 2. The van der Waals surface area contributed by atoms with Crippen molar-refractivity contribution in [2.24, 2.45) is 0 Å². The first-order valence-corrected chi connectivity index (χ1v) is 8.26. The highest BCUT2D eigenvalue weighted by atomic mass is 35.5. The second-order valence-electron chi connectivity index (χ2n) is 5.46. The van der Waals surface area contributed by atoms with Crippen LogP contribution in [0.4, 0.5) is 0 Å². The summed E-state index contributed by atoms with van der Waals surface area (Å²) in [5.41, 5.74) is 0.871. The van der Waals surface area contributed by atoms with Gasteiger partial charge in [-0.05, 0) is 30.3 Å². The molecule has 24 heavy (non-hydrogen) atoms. The molecule has 0 N–H and O–H groups in total. The van der Waals surface area contributed by atoms with Gasteiger partial charge in [-0.2, -0.15) is 0 Å². The summed E-state index contributed by atoms with van der Waals surface area (Å²) in [7, 11) is 0. The van der Waals surface area contributed by atoms with Crippen molar-refractivity contribution in [2.75, 3.05) is 26.2 Å². The van der Waals surface area contributed by atoms with Crippen molar-refractivity contribution < 1.29 is 9.59 Å². The van der Waals surface area contributed by atoms with E-state index in [1.165, 1.54) is 0 Å². The van der Waals surface area contributed by atoms with E-state index in [-0.39, 0.29) is 11.8 Å². The highest BCUT2D eigenvalue weighted by molar-refractivity contribution is 6.35. The third-order valence-corrected chi connectivity index (χ3v) is 4.28. The number of hydrogen-bond donors (Lipinski definition) is 0. The van der Waals surface area contributed by atoms with Crippen LogP contribution in [0.25, 0.3) is 0 Å². The molecule has 2 heterocycles. The van der Waals surface area contributed by atoms with Crippen molar-refractivity contribution in [3.05, 3.63) is 63.9 Å². The van der Waals surface area contributed by atoms with Crippen molar-refractivity contribution in [1.82, 2.24) is 14.8 Å². The van der Waals surface area contributed by atoms with Crippen LogP contribution in [-0.4, -0.2) is 52.8 Å². The van der Waals surface area contributed by atoms with Gasteiger partial charge in [0.2, 0.25) is 0 Å². The number of benzene rings is 1. The second kappa shape index (κ2) is 7.20. The fourth-order valence-corrected chi connectivity index (χ4v) is 3.15. The minimum absolute atomic E-state index is 0.117. The lowest BCUT2D eigenvalue weighted by Crippen LogP contribution is -2.50. The number of aromatic nitrogens is 1. The number of rotatable bonds is 2. The molecule has 0 aliphatic carbocycles. The lowest BCUT2D eigenvalue weighted by atomic mass is 10.1. The van der Waals surface area contributed by atoms with Gasteiger partial charge in [-0.3, -0.25) is 14.6 Å². The van der Waals surface area contributed by atoms with Crippen molar-refractivity contribution in [3.8, 4) is 0 Å². The summed E-state index contributed by atoms with van der Waals surface area (Å²) in [4.78, 5) is 32.4. The molecule has 0 spiro atoms. The van der Waals surface area contributed by atoms with Crippen LogP contribution >= 0.6 is 23.2 Å². The Morgan fingerprint density at radius 3 is 2.00 bits per heavy atom. The molecule has 1 fully saturated rings. The highest BCUT2D eigenvalue weighted by Crippen LogP contribution is 2.21. The first kappa shape index (κ1) is 16.7. The molecular formula is C17H15Cl2N3O2. The number of hydrogen-bond acceptors (Lipinski definition) is 3. The van der Waals surface area contributed by atoms with Crippen LogP contribution in [0, 0.1) is 0 Å².